The Morgan fingerprint density at radius 1 is 1.53 bits per heavy atom. The van der Waals surface area contributed by atoms with Crippen LogP contribution in [-0.4, -0.2) is 43.4 Å². The van der Waals surface area contributed by atoms with Crippen LogP contribution in [0.2, 0.25) is 0 Å². The van der Waals surface area contributed by atoms with Crippen LogP contribution < -0.4 is 11.1 Å². The van der Waals surface area contributed by atoms with Crippen LogP contribution in [0.25, 0.3) is 0 Å². The molecular weight excluding hydrogens is 196 g/mol. The molecule has 0 saturated heterocycles. The van der Waals surface area contributed by atoms with Crippen LogP contribution in [0.3, 0.4) is 0 Å². The molecule has 0 spiro atoms. The zero-order valence-electron chi connectivity index (χ0n) is 9.53. The van der Waals surface area contributed by atoms with E-state index in [0.717, 1.165) is 0 Å². The van der Waals surface area contributed by atoms with Gasteiger partial charge in [-0.15, -0.1) is 0 Å². The van der Waals surface area contributed by atoms with Crippen LogP contribution in [0.1, 0.15) is 20.3 Å². The van der Waals surface area contributed by atoms with Crippen molar-refractivity contribution >= 4 is 5.91 Å². The summed E-state index contributed by atoms with van der Waals surface area (Å²) >= 11 is 0. The molecule has 0 fully saturated rings. The number of amides is 1. The zero-order valence-corrected chi connectivity index (χ0v) is 9.53. The van der Waals surface area contributed by atoms with Crippen molar-refractivity contribution in [3.05, 3.63) is 0 Å². The van der Waals surface area contributed by atoms with Gasteiger partial charge in [-0.05, 0) is 12.3 Å². The first-order valence-corrected chi connectivity index (χ1v) is 5.28. The van der Waals surface area contributed by atoms with Crippen molar-refractivity contribution in [1.82, 2.24) is 5.32 Å². The van der Waals surface area contributed by atoms with Gasteiger partial charge in [-0.1, -0.05) is 13.8 Å². The van der Waals surface area contributed by atoms with Crippen molar-refractivity contribution in [3.8, 4) is 0 Å². The summed E-state index contributed by atoms with van der Waals surface area (Å²) in [6.45, 7) is 5.12. The van der Waals surface area contributed by atoms with E-state index in [2.05, 4.69) is 5.32 Å². The molecule has 0 aromatic rings. The van der Waals surface area contributed by atoms with Gasteiger partial charge < -0.3 is 20.9 Å². The minimum absolute atomic E-state index is 0.00555. The highest BCUT2D eigenvalue weighted by Crippen LogP contribution is 2.02. The average molecular weight is 218 g/mol. The molecule has 0 aliphatic carbocycles. The molecule has 0 radical (unpaired) electrons. The van der Waals surface area contributed by atoms with Gasteiger partial charge in [0.05, 0.1) is 12.7 Å². The molecule has 0 aromatic carbocycles. The van der Waals surface area contributed by atoms with Crippen molar-refractivity contribution in [1.29, 1.82) is 0 Å². The Morgan fingerprint density at radius 3 is 2.73 bits per heavy atom. The third-order valence-corrected chi connectivity index (χ3v) is 1.77. The predicted molar refractivity (Wildman–Crippen MR) is 58.3 cm³/mol. The highest BCUT2D eigenvalue weighted by atomic mass is 16.5. The summed E-state index contributed by atoms with van der Waals surface area (Å²) in [5.74, 6) is 0.205. The quantitative estimate of drug-likeness (QED) is 0.479. The Hall–Kier alpha value is -0.650. The maximum atomic E-state index is 11.1. The fourth-order valence-electron chi connectivity index (χ4n) is 1.16. The summed E-state index contributed by atoms with van der Waals surface area (Å²) in [6.07, 6.45) is 0.202. The van der Waals surface area contributed by atoms with Crippen LogP contribution in [0.15, 0.2) is 0 Å². The first-order valence-electron chi connectivity index (χ1n) is 5.28. The average Bonchev–Trinajstić information content (AvgIpc) is 2.14. The maximum Gasteiger partial charge on any atom is 0.246 e. The van der Waals surface area contributed by atoms with Crippen LogP contribution in [0.5, 0.6) is 0 Å². The molecular formula is C10H22N2O3. The molecule has 0 aliphatic rings. The Bertz CT molecular complexity index is 174. The van der Waals surface area contributed by atoms with Gasteiger partial charge in [0.25, 0.3) is 0 Å². The molecule has 0 aromatic heterocycles. The molecule has 90 valence electrons. The van der Waals surface area contributed by atoms with E-state index in [1.807, 2.05) is 13.8 Å². The van der Waals surface area contributed by atoms with Gasteiger partial charge in [0.1, 0.15) is 6.61 Å². The largest absolute Gasteiger partial charge is 0.391 e. The highest BCUT2D eigenvalue weighted by Gasteiger charge is 2.08. The van der Waals surface area contributed by atoms with Gasteiger partial charge in [0.15, 0.2) is 0 Å². The highest BCUT2D eigenvalue weighted by molar-refractivity contribution is 5.77. The van der Waals surface area contributed by atoms with E-state index in [0.29, 0.717) is 25.5 Å². The Balaban J connectivity index is 3.44. The molecule has 4 N–H and O–H groups in total. The zero-order chi connectivity index (χ0) is 11.7. The Morgan fingerprint density at radius 2 is 2.20 bits per heavy atom. The lowest BCUT2D eigenvalue weighted by atomic mass is 10.1. The smallest absolute Gasteiger partial charge is 0.246 e. The Labute approximate surface area is 91.0 Å². The predicted octanol–water partition coefficient (Wildman–Crippen LogP) is -0.515. The number of aliphatic hydroxyl groups excluding tert-OH is 1. The second-order valence-corrected chi connectivity index (χ2v) is 3.93. The molecule has 0 rings (SSSR count). The van der Waals surface area contributed by atoms with Crippen molar-refractivity contribution < 1.29 is 14.6 Å². The summed E-state index contributed by atoms with van der Waals surface area (Å²) in [4.78, 5) is 11.1. The van der Waals surface area contributed by atoms with E-state index in [1.165, 1.54) is 0 Å². The van der Waals surface area contributed by atoms with Gasteiger partial charge in [0.2, 0.25) is 5.91 Å². The maximum absolute atomic E-state index is 11.1. The van der Waals surface area contributed by atoms with E-state index < -0.39 is 6.10 Å². The van der Waals surface area contributed by atoms with Crippen molar-refractivity contribution in [3.63, 3.8) is 0 Å². The first-order chi connectivity index (χ1) is 7.06. The lowest BCUT2D eigenvalue weighted by Crippen LogP contribution is -2.35. The van der Waals surface area contributed by atoms with Gasteiger partial charge in [-0.3, -0.25) is 4.79 Å². The van der Waals surface area contributed by atoms with Crippen molar-refractivity contribution in [2.45, 2.75) is 26.4 Å². The van der Waals surface area contributed by atoms with Gasteiger partial charge in [-0.2, -0.15) is 0 Å². The molecule has 15 heavy (non-hydrogen) atoms. The number of aliphatic hydroxyl groups is 1. The number of nitrogens with two attached hydrogens (primary N) is 1. The lowest BCUT2D eigenvalue weighted by molar-refractivity contribution is -0.126. The van der Waals surface area contributed by atoms with Crippen LogP contribution in [0.4, 0.5) is 0 Å². The molecule has 5 heteroatoms. The summed E-state index contributed by atoms with van der Waals surface area (Å²) in [7, 11) is 0. The standard InChI is InChI=1S/C10H22N2O3/c1-8(2)5-9(13)6-12-10(14)7-15-4-3-11/h8-9,13H,3-7,11H2,1-2H3,(H,12,14). The number of carbonyl (C=O) groups excluding carboxylic acids is 1. The van der Waals surface area contributed by atoms with Gasteiger partial charge in [0, 0.05) is 13.1 Å². The number of ether oxygens (including phenoxy) is 1. The minimum atomic E-state index is -0.483. The number of carbonyl (C=O) groups is 1. The fourth-order valence-corrected chi connectivity index (χ4v) is 1.16. The molecule has 0 bridgehead atoms. The molecule has 0 heterocycles. The van der Waals surface area contributed by atoms with Gasteiger partial charge in [-0.25, -0.2) is 0 Å². The van der Waals surface area contributed by atoms with Crippen molar-refractivity contribution in [2.75, 3.05) is 26.3 Å². The van der Waals surface area contributed by atoms with E-state index in [-0.39, 0.29) is 19.1 Å². The Kier molecular flexibility index (Phi) is 8.27. The van der Waals surface area contributed by atoms with Gasteiger partial charge >= 0.3 is 0 Å². The molecule has 0 saturated carbocycles. The van der Waals surface area contributed by atoms with E-state index >= 15 is 0 Å². The summed E-state index contributed by atoms with van der Waals surface area (Å²) in [6, 6.07) is 0. The number of rotatable bonds is 8. The number of nitrogens with one attached hydrogen (secondary N) is 1. The molecule has 5 nitrogen and oxygen atoms in total. The summed E-state index contributed by atoms with van der Waals surface area (Å²) in [5.41, 5.74) is 5.20. The molecule has 1 unspecified atom stereocenters. The molecule has 1 amide bonds. The second kappa shape index (κ2) is 8.64. The van der Waals surface area contributed by atoms with Crippen LogP contribution in [0, 0.1) is 5.92 Å². The number of hydrogen-bond acceptors (Lipinski definition) is 4. The molecule has 1 atom stereocenters. The third-order valence-electron chi connectivity index (χ3n) is 1.77. The topological polar surface area (TPSA) is 84.6 Å². The minimum Gasteiger partial charge on any atom is -0.391 e. The van der Waals surface area contributed by atoms with Crippen LogP contribution in [-0.2, 0) is 9.53 Å². The third kappa shape index (κ3) is 9.65. The normalized spacial score (nSPS) is 12.9. The van der Waals surface area contributed by atoms with E-state index in [1.54, 1.807) is 0 Å². The van der Waals surface area contributed by atoms with E-state index in [4.69, 9.17) is 10.5 Å². The second-order valence-electron chi connectivity index (χ2n) is 3.93. The monoisotopic (exact) mass is 218 g/mol. The number of hydrogen-bond donors (Lipinski definition) is 3. The van der Waals surface area contributed by atoms with Crippen molar-refractivity contribution in [2.24, 2.45) is 11.7 Å². The lowest BCUT2D eigenvalue weighted by Gasteiger charge is -2.13. The first kappa shape index (κ1) is 14.3. The summed E-state index contributed by atoms with van der Waals surface area (Å²) in [5, 5.41) is 12.1. The SMILES string of the molecule is CC(C)CC(O)CNC(=O)COCCN. The molecule has 0 aliphatic heterocycles. The van der Waals surface area contributed by atoms with E-state index in [9.17, 15) is 9.90 Å². The fraction of sp³-hybridized carbons (Fsp3) is 0.900. The van der Waals surface area contributed by atoms with Crippen LogP contribution >= 0.6 is 0 Å². The summed E-state index contributed by atoms with van der Waals surface area (Å²) < 4.78 is 4.94.